The van der Waals surface area contributed by atoms with Crippen LogP contribution >= 0.6 is 15.9 Å². The van der Waals surface area contributed by atoms with Crippen molar-refractivity contribution in [3.63, 3.8) is 0 Å². The van der Waals surface area contributed by atoms with E-state index < -0.39 is 0 Å². The molecule has 2 aromatic rings. The van der Waals surface area contributed by atoms with Crippen molar-refractivity contribution >= 4 is 15.9 Å². The van der Waals surface area contributed by atoms with E-state index in [0.717, 1.165) is 24.1 Å². The van der Waals surface area contributed by atoms with Gasteiger partial charge >= 0.3 is 0 Å². The van der Waals surface area contributed by atoms with Crippen molar-refractivity contribution in [3.05, 3.63) is 52.0 Å². The van der Waals surface area contributed by atoms with Gasteiger partial charge in [0.2, 0.25) is 0 Å². The number of nitrogens with zero attached hydrogens (tertiary/aromatic N) is 2. The molecule has 6 heteroatoms. The summed E-state index contributed by atoms with van der Waals surface area (Å²) < 4.78 is 15.9. The molecule has 3 N–H and O–H groups in total. The second kappa shape index (κ2) is 6.27. The van der Waals surface area contributed by atoms with Gasteiger partial charge in [0.25, 0.3) is 0 Å². The number of halogens is 2. The van der Waals surface area contributed by atoms with Crippen molar-refractivity contribution in [2.75, 3.05) is 0 Å². The van der Waals surface area contributed by atoms with Gasteiger partial charge in [0.05, 0.1) is 0 Å². The van der Waals surface area contributed by atoms with E-state index in [1.54, 1.807) is 6.20 Å². The Morgan fingerprint density at radius 2 is 2.26 bits per heavy atom. The second-order valence-electron chi connectivity index (χ2n) is 4.41. The fourth-order valence-electron chi connectivity index (χ4n) is 2.06. The molecular formula is C13H16BrFN4. The minimum absolute atomic E-state index is 0.0955. The van der Waals surface area contributed by atoms with Crippen LogP contribution in [0, 0.1) is 5.82 Å². The zero-order chi connectivity index (χ0) is 13.8. The second-order valence-corrected chi connectivity index (χ2v) is 5.32. The summed E-state index contributed by atoms with van der Waals surface area (Å²) in [5.41, 5.74) is 4.69. The van der Waals surface area contributed by atoms with Gasteiger partial charge in [0, 0.05) is 29.5 Å². The van der Waals surface area contributed by atoms with E-state index in [4.69, 9.17) is 5.84 Å². The third-order valence-electron chi connectivity index (χ3n) is 3.10. The Balaban J connectivity index is 2.09. The molecule has 1 aromatic carbocycles. The summed E-state index contributed by atoms with van der Waals surface area (Å²) in [6.07, 6.45) is 3.35. The number of aromatic nitrogens is 2. The molecule has 0 amide bonds. The van der Waals surface area contributed by atoms with E-state index in [1.807, 2.05) is 23.9 Å². The summed E-state index contributed by atoms with van der Waals surface area (Å²) in [5, 5.41) is 4.12. The summed E-state index contributed by atoms with van der Waals surface area (Å²) in [5.74, 6) is 5.30. The molecule has 0 radical (unpaired) electrons. The lowest BCUT2D eigenvalue weighted by molar-refractivity contribution is 0.502. The van der Waals surface area contributed by atoms with Gasteiger partial charge in [-0.1, -0.05) is 15.9 Å². The van der Waals surface area contributed by atoms with Crippen LogP contribution in [0.4, 0.5) is 4.39 Å². The molecule has 0 fully saturated rings. The first-order valence-electron chi connectivity index (χ1n) is 5.99. The molecule has 1 unspecified atom stereocenters. The van der Waals surface area contributed by atoms with Crippen LogP contribution in [-0.4, -0.2) is 9.78 Å². The Bertz CT molecular complexity index is 535. The van der Waals surface area contributed by atoms with Crippen LogP contribution < -0.4 is 11.3 Å². The summed E-state index contributed by atoms with van der Waals surface area (Å²) >= 11 is 3.29. The maximum absolute atomic E-state index is 13.4. The smallest absolute Gasteiger partial charge is 0.124 e. The van der Waals surface area contributed by atoms with E-state index in [9.17, 15) is 4.39 Å². The number of rotatable bonds is 5. The van der Waals surface area contributed by atoms with Crippen molar-refractivity contribution in [1.82, 2.24) is 15.2 Å². The van der Waals surface area contributed by atoms with Crippen molar-refractivity contribution < 1.29 is 4.39 Å². The largest absolute Gasteiger partial charge is 0.273 e. The third kappa shape index (κ3) is 3.62. The van der Waals surface area contributed by atoms with E-state index in [0.29, 0.717) is 4.47 Å². The number of hydrazine groups is 1. The topological polar surface area (TPSA) is 55.9 Å². The third-order valence-corrected chi connectivity index (χ3v) is 3.56. The van der Waals surface area contributed by atoms with Gasteiger partial charge in [-0.25, -0.2) is 4.39 Å². The normalized spacial score (nSPS) is 12.6. The summed E-state index contributed by atoms with van der Waals surface area (Å²) in [6, 6.07) is 6.67. The predicted octanol–water partition coefficient (Wildman–Crippen LogP) is 2.46. The molecule has 102 valence electrons. The standard InChI is InChI=1S/C13H16BrFN4/c1-19-12(4-5-17-19)2-3-13(18-16)9-6-10(14)8-11(15)7-9/h4-8,13,18H,2-3,16H2,1H3. The fraction of sp³-hybridized carbons (Fsp3) is 0.308. The van der Waals surface area contributed by atoms with Gasteiger partial charge in [-0.3, -0.25) is 16.0 Å². The van der Waals surface area contributed by atoms with Gasteiger partial charge in [-0.2, -0.15) is 5.10 Å². The van der Waals surface area contributed by atoms with Crippen LogP contribution in [0.3, 0.4) is 0 Å². The van der Waals surface area contributed by atoms with Crippen molar-refractivity contribution in [2.24, 2.45) is 12.9 Å². The average molecular weight is 327 g/mol. The minimum Gasteiger partial charge on any atom is -0.273 e. The van der Waals surface area contributed by atoms with Gasteiger partial charge in [-0.15, -0.1) is 0 Å². The molecule has 1 atom stereocenters. The van der Waals surface area contributed by atoms with Crippen LogP contribution in [0.15, 0.2) is 34.9 Å². The van der Waals surface area contributed by atoms with Crippen LogP contribution in [0.1, 0.15) is 23.7 Å². The molecule has 0 saturated carbocycles. The Labute approximate surface area is 119 Å². The Morgan fingerprint density at radius 3 is 2.84 bits per heavy atom. The highest BCUT2D eigenvalue weighted by molar-refractivity contribution is 9.10. The number of nitrogens with one attached hydrogen (secondary N) is 1. The Morgan fingerprint density at radius 1 is 1.47 bits per heavy atom. The molecule has 1 aromatic heterocycles. The van der Waals surface area contributed by atoms with E-state index in [-0.39, 0.29) is 11.9 Å². The van der Waals surface area contributed by atoms with Crippen LogP contribution in [0.5, 0.6) is 0 Å². The SMILES string of the molecule is Cn1nccc1CCC(NN)c1cc(F)cc(Br)c1. The fourth-order valence-corrected chi connectivity index (χ4v) is 2.54. The van der Waals surface area contributed by atoms with Crippen molar-refractivity contribution in [3.8, 4) is 0 Å². The van der Waals surface area contributed by atoms with Crippen LogP contribution in [-0.2, 0) is 13.5 Å². The lowest BCUT2D eigenvalue weighted by Gasteiger charge is -2.16. The predicted molar refractivity (Wildman–Crippen MR) is 75.7 cm³/mol. The van der Waals surface area contributed by atoms with Crippen molar-refractivity contribution in [1.29, 1.82) is 0 Å². The first-order chi connectivity index (χ1) is 9.10. The van der Waals surface area contributed by atoms with Crippen molar-refractivity contribution in [2.45, 2.75) is 18.9 Å². The van der Waals surface area contributed by atoms with Crippen LogP contribution in [0.25, 0.3) is 0 Å². The molecule has 0 saturated heterocycles. The number of aryl methyl sites for hydroxylation is 2. The average Bonchev–Trinajstić information content (AvgIpc) is 2.75. The molecule has 19 heavy (non-hydrogen) atoms. The van der Waals surface area contributed by atoms with Gasteiger partial charge in [0.1, 0.15) is 5.82 Å². The number of hydrogen-bond donors (Lipinski definition) is 2. The zero-order valence-corrected chi connectivity index (χ0v) is 12.2. The van der Waals surface area contributed by atoms with Gasteiger partial charge in [-0.05, 0) is 42.7 Å². The van der Waals surface area contributed by atoms with E-state index in [2.05, 4.69) is 26.5 Å². The summed E-state index contributed by atoms with van der Waals surface area (Å²) in [4.78, 5) is 0. The maximum Gasteiger partial charge on any atom is 0.124 e. The molecule has 1 heterocycles. The molecule has 0 spiro atoms. The zero-order valence-electron chi connectivity index (χ0n) is 10.6. The molecule has 4 nitrogen and oxygen atoms in total. The molecule has 0 aliphatic rings. The minimum atomic E-state index is -0.273. The van der Waals surface area contributed by atoms with Crippen LogP contribution in [0.2, 0.25) is 0 Å². The molecule has 2 rings (SSSR count). The highest BCUT2D eigenvalue weighted by atomic mass is 79.9. The number of nitrogens with two attached hydrogens (primary N) is 1. The van der Waals surface area contributed by atoms with Gasteiger partial charge in [0.15, 0.2) is 0 Å². The van der Waals surface area contributed by atoms with E-state index in [1.165, 1.54) is 12.1 Å². The lowest BCUT2D eigenvalue weighted by Crippen LogP contribution is -2.28. The number of benzene rings is 1. The van der Waals surface area contributed by atoms with Gasteiger partial charge < -0.3 is 0 Å². The lowest BCUT2D eigenvalue weighted by atomic mass is 10.0. The molecular weight excluding hydrogens is 311 g/mol. The van der Waals surface area contributed by atoms with E-state index >= 15 is 0 Å². The summed E-state index contributed by atoms with van der Waals surface area (Å²) in [6.45, 7) is 0. The highest BCUT2D eigenvalue weighted by Gasteiger charge is 2.12. The Hall–Kier alpha value is -1.24. The molecule has 0 aliphatic heterocycles. The first kappa shape index (κ1) is 14.2. The summed E-state index contributed by atoms with van der Waals surface area (Å²) in [7, 11) is 1.90. The number of hydrogen-bond acceptors (Lipinski definition) is 3. The monoisotopic (exact) mass is 326 g/mol. The molecule has 0 bridgehead atoms. The first-order valence-corrected chi connectivity index (χ1v) is 6.78. The maximum atomic E-state index is 13.4. The molecule has 0 aliphatic carbocycles. The Kier molecular flexibility index (Phi) is 4.68. The quantitative estimate of drug-likeness (QED) is 0.655. The highest BCUT2D eigenvalue weighted by Crippen LogP contribution is 2.23.